The molecule has 4 heteroatoms. The molecule has 2 heterocycles. The molecular weight excluding hydrogens is 200 g/mol. The number of hydrogen-bond acceptors (Lipinski definition) is 4. The number of aryl methyl sites for hydroxylation is 1. The van der Waals surface area contributed by atoms with Crippen LogP contribution in [0.25, 0.3) is 0 Å². The summed E-state index contributed by atoms with van der Waals surface area (Å²) in [6.07, 6.45) is 0. The van der Waals surface area contributed by atoms with E-state index in [0.29, 0.717) is 11.6 Å². The number of pyridine rings is 1. The Balaban J connectivity index is 1.79. The molecule has 82 valence electrons. The van der Waals surface area contributed by atoms with E-state index in [1.54, 1.807) is 0 Å². The third-order valence-electron chi connectivity index (χ3n) is 3.55. The maximum atomic E-state index is 9.00. The molecule has 3 rings (SSSR count). The van der Waals surface area contributed by atoms with Crippen LogP contribution in [-0.2, 0) is 0 Å². The Hall–Kier alpha value is -1.60. The fraction of sp³-hybridized carbons (Fsp3) is 0.500. The summed E-state index contributed by atoms with van der Waals surface area (Å²) < 4.78 is 0. The second kappa shape index (κ2) is 3.46. The molecule has 16 heavy (non-hydrogen) atoms. The summed E-state index contributed by atoms with van der Waals surface area (Å²) in [5, 5.41) is 15.8. The molecule has 2 atom stereocenters. The lowest BCUT2D eigenvalue weighted by Gasteiger charge is -2.10. The van der Waals surface area contributed by atoms with Crippen molar-refractivity contribution in [1.82, 2.24) is 10.3 Å². The van der Waals surface area contributed by atoms with Gasteiger partial charge in [0.2, 0.25) is 0 Å². The van der Waals surface area contributed by atoms with Gasteiger partial charge in [-0.1, -0.05) is 0 Å². The Morgan fingerprint density at radius 2 is 2.19 bits per heavy atom. The van der Waals surface area contributed by atoms with Crippen LogP contribution in [0.3, 0.4) is 0 Å². The highest BCUT2D eigenvalue weighted by Crippen LogP contribution is 2.43. The van der Waals surface area contributed by atoms with Crippen molar-refractivity contribution in [2.24, 2.45) is 11.8 Å². The molecule has 1 aromatic rings. The number of nitrogens with zero attached hydrogens (tertiary/aromatic N) is 2. The van der Waals surface area contributed by atoms with Crippen LogP contribution in [0.4, 0.5) is 5.82 Å². The lowest BCUT2D eigenvalue weighted by molar-refractivity contribution is 0.695. The quantitative estimate of drug-likeness (QED) is 0.767. The van der Waals surface area contributed by atoms with Gasteiger partial charge in [0.15, 0.2) is 0 Å². The number of fused-ring (bicyclic) bond motifs is 1. The largest absolute Gasteiger partial charge is 0.366 e. The van der Waals surface area contributed by atoms with Gasteiger partial charge >= 0.3 is 0 Å². The maximum Gasteiger partial charge on any atom is 0.144 e. The molecule has 2 N–H and O–H groups in total. The number of nitriles is 1. The number of rotatable bonds is 2. The van der Waals surface area contributed by atoms with Crippen molar-refractivity contribution in [1.29, 1.82) is 5.26 Å². The molecule has 0 spiro atoms. The first-order chi connectivity index (χ1) is 7.79. The number of aromatic nitrogens is 1. The summed E-state index contributed by atoms with van der Waals surface area (Å²) >= 11 is 0. The molecule has 2 aliphatic rings. The Labute approximate surface area is 94.7 Å². The molecule has 1 saturated heterocycles. The molecule has 4 nitrogen and oxygen atoms in total. The summed E-state index contributed by atoms with van der Waals surface area (Å²) in [5.41, 5.74) is 1.59. The molecule has 2 fully saturated rings. The van der Waals surface area contributed by atoms with Gasteiger partial charge in [-0.25, -0.2) is 4.98 Å². The molecule has 2 unspecified atom stereocenters. The fourth-order valence-electron chi connectivity index (χ4n) is 2.55. The van der Waals surface area contributed by atoms with Crippen LogP contribution in [0.1, 0.15) is 11.3 Å². The average molecular weight is 214 g/mol. The van der Waals surface area contributed by atoms with Gasteiger partial charge in [0.1, 0.15) is 11.9 Å². The average Bonchev–Trinajstić information content (AvgIpc) is 2.75. The molecule has 0 amide bonds. The van der Waals surface area contributed by atoms with Crippen molar-refractivity contribution >= 4 is 5.82 Å². The fourth-order valence-corrected chi connectivity index (χ4v) is 2.55. The third-order valence-corrected chi connectivity index (χ3v) is 3.55. The van der Waals surface area contributed by atoms with Crippen molar-refractivity contribution in [3.05, 3.63) is 23.4 Å². The van der Waals surface area contributed by atoms with Gasteiger partial charge in [-0.05, 0) is 30.9 Å². The molecule has 1 aromatic heterocycles. The smallest absolute Gasteiger partial charge is 0.144 e. The molecule has 1 aliphatic heterocycles. The lowest BCUT2D eigenvalue weighted by Crippen LogP contribution is -2.22. The minimum atomic E-state index is 0.516. The Morgan fingerprint density at radius 1 is 1.44 bits per heavy atom. The van der Waals surface area contributed by atoms with E-state index in [4.69, 9.17) is 5.26 Å². The van der Waals surface area contributed by atoms with Gasteiger partial charge in [0.25, 0.3) is 0 Å². The van der Waals surface area contributed by atoms with Gasteiger partial charge in [-0.3, -0.25) is 0 Å². The SMILES string of the molecule is Cc1ccc(C#N)c(NC2C3CNCC32)n1. The van der Waals surface area contributed by atoms with Gasteiger partial charge in [-0.2, -0.15) is 5.26 Å². The van der Waals surface area contributed by atoms with Gasteiger partial charge in [0, 0.05) is 24.8 Å². The second-order valence-electron chi connectivity index (χ2n) is 4.62. The van der Waals surface area contributed by atoms with Crippen LogP contribution >= 0.6 is 0 Å². The molecule has 0 bridgehead atoms. The third kappa shape index (κ3) is 1.44. The highest BCUT2D eigenvalue weighted by Gasteiger charge is 2.53. The Bertz CT molecular complexity index is 453. The van der Waals surface area contributed by atoms with E-state index in [1.165, 1.54) is 0 Å². The topological polar surface area (TPSA) is 60.7 Å². The zero-order chi connectivity index (χ0) is 11.1. The van der Waals surface area contributed by atoms with E-state index in [2.05, 4.69) is 21.7 Å². The standard InChI is InChI=1S/C12H14N4/c1-7-2-3-8(4-13)12(15-7)16-11-9-5-14-6-10(9)11/h2-3,9-11,14H,5-6H2,1H3,(H,15,16). The minimum Gasteiger partial charge on any atom is -0.366 e. The van der Waals surface area contributed by atoms with Gasteiger partial charge < -0.3 is 10.6 Å². The zero-order valence-electron chi connectivity index (χ0n) is 9.20. The summed E-state index contributed by atoms with van der Waals surface area (Å²) in [5.74, 6) is 2.21. The highest BCUT2D eigenvalue weighted by atomic mass is 15.1. The van der Waals surface area contributed by atoms with E-state index in [9.17, 15) is 0 Å². The van der Waals surface area contributed by atoms with Crippen molar-refractivity contribution < 1.29 is 0 Å². The summed E-state index contributed by atoms with van der Waals surface area (Å²) in [6.45, 7) is 4.13. The predicted molar refractivity (Wildman–Crippen MR) is 60.9 cm³/mol. The predicted octanol–water partition coefficient (Wildman–Crippen LogP) is 0.891. The number of hydrogen-bond donors (Lipinski definition) is 2. The Morgan fingerprint density at radius 3 is 2.88 bits per heavy atom. The monoisotopic (exact) mass is 214 g/mol. The first-order valence-electron chi connectivity index (χ1n) is 5.64. The Kier molecular flexibility index (Phi) is 2.08. The van der Waals surface area contributed by atoms with Crippen LogP contribution in [-0.4, -0.2) is 24.1 Å². The minimum absolute atomic E-state index is 0.516. The van der Waals surface area contributed by atoms with Crippen LogP contribution in [0.2, 0.25) is 0 Å². The van der Waals surface area contributed by atoms with E-state index in [1.807, 2.05) is 19.1 Å². The number of piperidine rings is 1. The van der Waals surface area contributed by atoms with Gasteiger partial charge in [0.05, 0.1) is 5.56 Å². The van der Waals surface area contributed by atoms with Gasteiger partial charge in [-0.15, -0.1) is 0 Å². The second-order valence-corrected chi connectivity index (χ2v) is 4.62. The highest BCUT2D eigenvalue weighted by molar-refractivity contribution is 5.54. The first kappa shape index (κ1) is 9.61. The molecule has 1 saturated carbocycles. The molecule has 0 radical (unpaired) electrons. The van der Waals surface area contributed by atoms with Crippen LogP contribution < -0.4 is 10.6 Å². The molecule has 1 aliphatic carbocycles. The summed E-state index contributed by atoms with van der Waals surface area (Å²) in [4.78, 5) is 4.40. The zero-order valence-corrected chi connectivity index (χ0v) is 9.20. The van der Waals surface area contributed by atoms with Crippen LogP contribution in [0.15, 0.2) is 12.1 Å². The van der Waals surface area contributed by atoms with Crippen LogP contribution in [0.5, 0.6) is 0 Å². The van der Waals surface area contributed by atoms with Crippen molar-refractivity contribution in [3.63, 3.8) is 0 Å². The van der Waals surface area contributed by atoms with Crippen molar-refractivity contribution in [2.45, 2.75) is 13.0 Å². The maximum absolute atomic E-state index is 9.00. The first-order valence-corrected chi connectivity index (χ1v) is 5.64. The van der Waals surface area contributed by atoms with E-state index >= 15 is 0 Å². The molecular formula is C12H14N4. The van der Waals surface area contributed by atoms with E-state index in [-0.39, 0.29) is 0 Å². The number of anilines is 1. The van der Waals surface area contributed by atoms with E-state index in [0.717, 1.165) is 36.4 Å². The van der Waals surface area contributed by atoms with Crippen molar-refractivity contribution in [2.75, 3.05) is 18.4 Å². The van der Waals surface area contributed by atoms with Crippen molar-refractivity contribution in [3.8, 4) is 6.07 Å². The molecule has 0 aromatic carbocycles. The number of nitrogens with one attached hydrogen (secondary N) is 2. The normalized spacial score (nSPS) is 30.6. The summed E-state index contributed by atoms with van der Waals surface area (Å²) in [6, 6.07) is 6.41. The summed E-state index contributed by atoms with van der Waals surface area (Å²) in [7, 11) is 0. The lowest BCUT2D eigenvalue weighted by atomic mass is 10.2. The van der Waals surface area contributed by atoms with Crippen LogP contribution in [0, 0.1) is 30.1 Å². The van der Waals surface area contributed by atoms with E-state index < -0.39 is 0 Å².